The highest BCUT2D eigenvalue weighted by atomic mass is 127. The molecule has 1 fully saturated rings. The first-order chi connectivity index (χ1) is 12.2. The van der Waals surface area contributed by atoms with Crippen molar-refractivity contribution in [2.24, 2.45) is 10.7 Å². The summed E-state index contributed by atoms with van der Waals surface area (Å²) in [5.74, 6) is 1.17. The van der Waals surface area contributed by atoms with Crippen molar-refractivity contribution in [2.45, 2.75) is 6.54 Å². The molecule has 6 nitrogen and oxygen atoms in total. The van der Waals surface area contributed by atoms with Gasteiger partial charge in [0.05, 0.1) is 13.7 Å². The average Bonchev–Trinajstić information content (AvgIpc) is 2.67. The van der Waals surface area contributed by atoms with Crippen molar-refractivity contribution < 1.29 is 4.74 Å². The van der Waals surface area contributed by atoms with Crippen LogP contribution in [0.2, 0.25) is 5.02 Å². The summed E-state index contributed by atoms with van der Waals surface area (Å²) >= 11 is 5.95. The number of piperazine rings is 1. The highest BCUT2D eigenvalue weighted by Crippen LogP contribution is 2.19. The van der Waals surface area contributed by atoms with Gasteiger partial charge in [-0.3, -0.25) is 0 Å². The molecule has 1 aromatic carbocycles. The molecule has 140 valence electrons. The van der Waals surface area contributed by atoms with Gasteiger partial charge >= 0.3 is 0 Å². The highest BCUT2D eigenvalue weighted by Gasteiger charge is 2.18. The molecule has 1 aliphatic heterocycles. The molecule has 0 spiro atoms. The Kier molecular flexibility index (Phi) is 7.77. The number of benzene rings is 1. The molecule has 0 amide bonds. The van der Waals surface area contributed by atoms with Crippen LogP contribution in [0.3, 0.4) is 0 Å². The molecule has 0 aliphatic carbocycles. The number of pyridine rings is 1. The van der Waals surface area contributed by atoms with Gasteiger partial charge in [-0.25, -0.2) is 9.98 Å². The van der Waals surface area contributed by atoms with Gasteiger partial charge in [-0.2, -0.15) is 0 Å². The van der Waals surface area contributed by atoms with Gasteiger partial charge in [-0.1, -0.05) is 17.7 Å². The fourth-order valence-corrected chi connectivity index (χ4v) is 2.87. The molecule has 1 aromatic heterocycles. The molecule has 26 heavy (non-hydrogen) atoms. The number of nitrogens with zero attached hydrogens (tertiary/aromatic N) is 4. The Morgan fingerprint density at radius 1 is 1.15 bits per heavy atom. The lowest BCUT2D eigenvalue weighted by Crippen LogP contribution is -2.51. The Morgan fingerprint density at radius 2 is 1.85 bits per heavy atom. The van der Waals surface area contributed by atoms with Gasteiger partial charge in [-0.15, -0.1) is 24.0 Å². The average molecular weight is 488 g/mol. The summed E-state index contributed by atoms with van der Waals surface area (Å²) in [5.41, 5.74) is 8.34. The van der Waals surface area contributed by atoms with E-state index in [1.165, 1.54) is 5.69 Å². The second kappa shape index (κ2) is 9.82. The summed E-state index contributed by atoms with van der Waals surface area (Å²) in [6, 6.07) is 11.7. The van der Waals surface area contributed by atoms with E-state index < -0.39 is 0 Å². The predicted octanol–water partition coefficient (Wildman–Crippen LogP) is 3.00. The number of nitrogens with two attached hydrogens (primary N) is 1. The summed E-state index contributed by atoms with van der Waals surface area (Å²) in [6.07, 6.45) is 1.76. The highest BCUT2D eigenvalue weighted by molar-refractivity contribution is 14.0. The zero-order chi connectivity index (χ0) is 17.6. The minimum atomic E-state index is 0. The molecule has 0 unspecified atom stereocenters. The van der Waals surface area contributed by atoms with Gasteiger partial charge in [0.15, 0.2) is 5.96 Å². The van der Waals surface area contributed by atoms with Crippen LogP contribution >= 0.6 is 35.6 Å². The summed E-state index contributed by atoms with van der Waals surface area (Å²) in [4.78, 5) is 13.1. The molecule has 0 saturated carbocycles. The number of hydrogen-bond acceptors (Lipinski definition) is 4. The van der Waals surface area contributed by atoms with Crippen LogP contribution < -0.4 is 15.4 Å². The van der Waals surface area contributed by atoms with Crippen molar-refractivity contribution in [3.8, 4) is 5.88 Å². The molecule has 2 aromatic rings. The number of guanidine groups is 1. The van der Waals surface area contributed by atoms with E-state index in [-0.39, 0.29) is 24.0 Å². The van der Waals surface area contributed by atoms with Crippen molar-refractivity contribution >= 4 is 47.2 Å². The molecule has 0 atom stereocenters. The Labute approximate surface area is 176 Å². The van der Waals surface area contributed by atoms with Crippen molar-refractivity contribution in [2.75, 3.05) is 38.2 Å². The molecule has 1 aliphatic rings. The molecule has 2 N–H and O–H groups in total. The van der Waals surface area contributed by atoms with Crippen molar-refractivity contribution in [1.29, 1.82) is 0 Å². The van der Waals surface area contributed by atoms with E-state index in [0.29, 0.717) is 18.4 Å². The number of aromatic nitrogens is 1. The summed E-state index contributed by atoms with van der Waals surface area (Å²) in [7, 11) is 1.60. The van der Waals surface area contributed by atoms with Crippen LogP contribution in [0.25, 0.3) is 0 Å². The minimum Gasteiger partial charge on any atom is -0.481 e. The maximum Gasteiger partial charge on any atom is 0.212 e. The maximum atomic E-state index is 6.15. The Morgan fingerprint density at radius 3 is 2.42 bits per heavy atom. The lowest BCUT2D eigenvalue weighted by Gasteiger charge is -2.36. The molecule has 1 saturated heterocycles. The number of ether oxygens (including phenoxy) is 1. The maximum absolute atomic E-state index is 6.15. The van der Waals surface area contributed by atoms with Gasteiger partial charge in [0.1, 0.15) is 0 Å². The molecule has 0 bridgehead atoms. The summed E-state index contributed by atoms with van der Waals surface area (Å²) in [6.45, 7) is 4.02. The zero-order valence-electron chi connectivity index (χ0n) is 14.6. The number of halogens is 2. The zero-order valence-corrected chi connectivity index (χ0v) is 17.7. The first-order valence-corrected chi connectivity index (χ1v) is 8.58. The van der Waals surface area contributed by atoms with Gasteiger partial charge in [0.2, 0.25) is 5.88 Å². The van der Waals surface area contributed by atoms with Crippen LogP contribution in [0.5, 0.6) is 5.88 Å². The first kappa shape index (κ1) is 20.6. The molecular weight excluding hydrogens is 465 g/mol. The fraction of sp³-hybridized carbons (Fsp3) is 0.333. The van der Waals surface area contributed by atoms with Crippen molar-refractivity contribution in [3.63, 3.8) is 0 Å². The third kappa shape index (κ3) is 5.38. The minimum absolute atomic E-state index is 0. The lowest BCUT2D eigenvalue weighted by molar-refractivity contribution is 0.380. The monoisotopic (exact) mass is 487 g/mol. The summed E-state index contributed by atoms with van der Waals surface area (Å²) in [5, 5.41) is 0.756. The SMILES string of the molecule is COc1ccc(CN=C(N)N2CCN(c3ccc(Cl)cc3)CC2)cn1.I. The number of methoxy groups -OCH3 is 1. The summed E-state index contributed by atoms with van der Waals surface area (Å²) < 4.78 is 5.05. The second-order valence-corrected chi connectivity index (χ2v) is 6.27. The van der Waals surface area contributed by atoms with Crippen molar-refractivity contribution in [1.82, 2.24) is 9.88 Å². The third-order valence-corrected chi connectivity index (χ3v) is 4.48. The standard InChI is InChI=1S/C18H22ClN5O.HI/c1-25-17-7-2-14(12-21-17)13-22-18(20)24-10-8-23(9-11-24)16-5-3-15(19)4-6-16;/h2-7,12H,8-11,13H2,1H3,(H2,20,22);1H. The Bertz CT molecular complexity index is 715. The van der Waals surface area contributed by atoms with E-state index in [2.05, 4.69) is 19.8 Å². The van der Waals surface area contributed by atoms with Gasteiger partial charge in [0.25, 0.3) is 0 Å². The molecule has 3 rings (SSSR count). The number of anilines is 1. The molecule has 0 radical (unpaired) electrons. The van der Waals surface area contributed by atoms with E-state index in [1.807, 2.05) is 36.4 Å². The van der Waals surface area contributed by atoms with Crippen LogP contribution in [0.1, 0.15) is 5.56 Å². The number of rotatable bonds is 4. The van der Waals surface area contributed by atoms with Crippen LogP contribution in [0.15, 0.2) is 47.6 Å². The van der Waals surface area contributed by atoms with Crippen molar-refractivity contribution in [3.05, 3.63) is 53.2 Å². The third-order valence-electron chi connectivity index (χ3n) is 4.23. The smallest absolute Gasteiger partial charge is 0.212 e. The van der Waals surface area contributed by atoms with Gasteiger partial charge in [-0.05, 0) is 29.8 Å². The first-order valence-electron chi connectivity index (χ1n) is 8.20. The van der Waals surface area contributed by atoms with E-state index in [9.17, 15) is 0 Å². The van der Waals surface area contributed by atoms with E-state index in [0.717, 1.165) is 36.8 Å². The molecule has 8 heteroatoms. The van der Waals surface area contributed by atoms with E-state index >= 15 is 0 Å². The van der Waals surface area contributed by atoms with Crippen LogP contribution in [-0.2, 0) is 6.54 Å². The van der Waals surface area contributed by atoms with Gasteiger partial charge < -0.3 is 20.3 Å². The Hall–Kier alpha value is -1.74. The van der Waals surface area contributed by atoms with E-state index in [4.69, 9.17) is 22.1 Å². The predicted molar refractivity (Wildman–Crippen MR) is 117 cm³/mol. The van der Waals surface area contributed by atoms with E-state index in [1.54, 1.807) is 13.3 Å². The topological polar surface area (TPSA) is 67.0 Å². The quantitative estimate of drug-likeness (QED) is 0.408. The molecular formula is C18H23ClIN5O. The Balaban J connectivity index is 0.00000243. The van der Waals surface area contributed by atoms with Crippen LogP contribution in [-0.4, -0.2) is 49.1 Å². The normalized spacial score (nSPS) is 14.8. The second-order valence-electron chi connectivity index (χ2n) is 5.83. The fourth-order valence-electron chi connectivity index (χ4n) is 2.74. The molecule has 2 heterocycles. The van der Waals surface area contributed by atoms with Gasteiger partial charge in [0, 0.05) is 49.2 Å². The lowest BCUT2D eigenvalue weighted by atomic mass is 10.2. The largest absolute Gasteiger partial charge is 0.481 e. The number of aliphatic imine (C=N–C) groups is 1. The van der Waals surface area contributed by atoms with Crippen LogP contribution in [0.4, 0.5) is 5.69 Å². The number of hydrogen-bond donors (Lipinski definition) is 1. The van der Waals surface area contributed by atoms with Crippen LogP contribution in [0, 0.1) is 0 Å².